The molecule has 3 unspecified atom stereocenters. The van der Waals surface area contributed by atoms with Crippen molar-refractivity contribution in [2.45, 2.75) is 99.6 Å². The second-order valence-corrected chi connectivity index (χ2v) is 6.15. The van der Waals surface area contributed by atoms with E-state index in [0.29, 0.717) is 5.92 Å². The molecule has 0 radical (unpaired) electrons. The molecule has 0 aliphatic heterocycles. The number of nitrogens with two attached hydrogens (primary N) is 1. The van der Waals surface area contributed by atoms with Gasteiger partial charge in [-0.05, 0) is 19.8 Å². The fraction of sp³-hybridized carbons (Fsp3) is 0.800. The van der Waals surface area contributed by atoms with E-state index in [1.54, 1.807) is 0 Å². The minimum absolute atomic E-state index is 0.0294. The molecule has 0 aromatic carbocycles. The Labute approximate surface area is 141 Å². The Kier molecular flexibility index (Phi) is 21.7. The molecule has 0 saturated carbocycles. The van der Waals surface area contributed by atoms with Crippen molar-refractivity contribution >= 4 is 0 Å². The van der Waals surface area contributed by atoms with Crippen LogP contribution in [-0.2, 0) is 0 Å². The third-order valence-corrected chi connectivity index (χ3v) is 3.80. The third kappa shape index (κ3) is 17.3. The zero-order valence-corrected chi connectivity index (χ0v) is 16.8. The van der Waals surface area contributed by atoms with Crippen LogP contribution < -0.4 is 11.1 Å². The van der Waals surface area contributed by atoms with Crippen LogP contribution >= 0.6 is 0 Å². The molecule has 22 heavy (non-hydrogen) atoms. The lowest BCUT2D eigenvalue weighted by Gasteiger charge is -2.25. The highest BCUT2D eigenvalue weighted by Crippen LogP contribution is 2.11. The second-order valence-electron chi connectivity index (χ2n) is 6.15. The number of nitrogens with one attached hydrogen (secondary N) is 1. The standard InChI is InChI=1S/C12H24N2.2C4H10/c1-7-9(4)12(13)11(6)14-10(5)8(2)3;2*1-3-4-2/h9-10,12,14H,2,6-7,13H2,1,3-5H3;2*3-4H2,1-2H3. The van der Waals surface area contributed by atoms with Crippen LogP contribution in [0.3, 0.4) is 0 Å². The van der Waals surface area contributed by atoms with E-state index >= 15 is 0 Å². The lowest BCUT2D eigenvalue weighted by molar-refractivity contribution is 0.459. The molecule has 3 atom stereocenters. The zero-order valence-electron chi connectivity index (χ0n) is 16.8. The first kappa shape index (κ1) is 26.2. The van der Waals surface area contributed by atoms with Gasteiger partial charge in [0.05, 0.1) is 0 Å². The molecule has 0 bridgehead atoms. The molecule has 0 rings (SSSR count). The van der Waals surface area contributed by atoms with Crippen LogP contribution in [0, 0.1) is 5.92 Å². The first-order valence-electron chi connectivity index (χ1n) is 9.09. The summed E-state index contributed by atoms with van der Waals surface area (Å²) < 4.78 is 0. The van der Waals surface area contributed by atoms with E-state index in [4.69, 9.17) is 5.73 Å². The van der Waals surface area contributed by atoms with Crippen LogP contribution in [0.1, 0.15) is 87.5 Å². The van der Waals surface area contributed by atoms with Gasteiger partial charge in [-0.25, -0.2) is 0 Å². The molecule has 0 amide bonds. The minimum Gasteiger partial charge on any atom is -0.381 e. The van der Waals surface area contributed by atoms with Gasteiger partial charge in [0, 0.05) is 17.8 Å². The summed E-state index contributed by atoms with van der Waals surface area (Å²) in [5, 5.41) is 3.28. The Bertz CT molecular complexity index is 250. The summed E-state index contributed by atoms with van der Waals surface area (Å²) in [4.78, 5) is 0. The predicted octanol–water partition coefficient (Wildman–Crippen LogP) is 6.04. The van der Waals surface area contributed by atoms with E-state index in [2.05, 4.69) is 66.9 Å². The molecule has 0 heterocycles. The molecule has 0 fully saturated rings. The van der Waals surface area contributed by atoms with Crippen LogP contribution in [0.4, 0.5) is 0 Å². The predicted molar refractivity (Wildman–Crippen MR) is 105 cm³/mol. The highest BCUT2D eigenvalue weighted by Gasteiger charge is 2.15. The van der Waals surface area contributed by atoms with Gasteiger partial charge in [-0.3, -0.25) is 0 Å². The maximum Gasteiger partial charge on any atom is 0.0464 e. The fourth-order valence-corrected chi connectivity index (χ4v) is 1.09. The summed E-state index contributed by atoms with van der Waals surface area (Å²) in [6, 6.07) is 0.277. The molecule has 0 aromatic heterocycles. The summed E-state index contributed by atoms with van der Waals surface area (Å²) in [5.41, 5.74) is 8.04. The Morgan fingerprint density at radius 1 is 0.909 bits per heavy atom. The van der Waals surface area contributed by atoms with Gasteiger partial charge in [0.1, 0.15) is 0 Å². The lowest BCUT2D eigenvalue weighted by Crippen LogP contribution is -2.39. The Balaban J connectivity index is -0.000000372. The maximum atomic E-state index is 6.03. The van der Waals surface area contributed by atoms with Crippen LogP contribution in [0.25, 0.3) is 0 Å². The van der Waals surface area contributed by atoms with Gasteiger partial charge in [-0.1, -0.05) is 92.4 Å². The summed E-state index contributed by atoms with van der Waals surface area (Å²) in [6.45, 7) is 24.9. The molecule has 0 saturated heterocycles. The van der Waals surface area contributed by atoms with Crippen LogP contribution in [-0.4, -0.2) is 12.1 Å². The molecule has 0 spiro atoms. The molecule has 0 aromatic rings. The van der Waals surface area contributed by atoms with Gasteiger partial charge in [0.15, 0.2) is 0 Å². The molecule has 134 valence electrons. The van der Waals surface area contributed by atoms with Crippen molar-refractivity contribution in [3.05, 3.63) is 24.4 Å². The summed E-state index contributed by atoms with van der Waals surface area (Å²) in [7, 11) is 0. The van der Waals surface area contributed by atoms with Gasteiger partial charge < -0.3 is 11.1 Å². The van der Waals surface area contributed by atoms with Crippen molar-refractivity contribution in [3.63, 3.8) is 0 Å². The lowest BCUT2D eigenvalue weighted by atomic mass is 9.97. The zero-order chi connectivity index (χ0) is 18.1. The van der Waals surface area contributed by atoms with Gasteiger partial charge in [0.25, 0.3) is 0 Å². The van der Waals surface area contributed by atoms with Crippen molar-refractivity contribution in [3.8, 4) is 0 Å². The van der Waals surface area contributed by atoms with E-state index in [1.165, 1.54) is 25.7 Å². The SMILES string of the molecule is C=C(C)C(C)NC(=C)C(N)C(C)CC.CCCC.CCCC. The summed E-state index contributed by atoms with van der Waals surface area (Å²) >= 11 is 0. The average Bonchev–Trinajstić information content (AvgIpc) is 2.53. The van der Waals surface area contributed by atoms with Gasteiger partial charge in [-0.15, -0.1) is 0 Å². The Morgan fingerprint density at radius 3 is 1.50 bits per heavy atom. The summed E-state index contributed by atoms with van der Waals surface area (Å²) in [5.74, 6) is 0.465. The van der Waals surface area contributed by atoms with Crippen molar-refractivity contribution in [1.82, 2.24) is 5.32 Å². The first-order chi connectivity index (χ1) is 10.2. The van der Waals surface area contributed by atoms with Crippen LogP contribution in [0.2, 0.25) is 0 Å². The number of hydrogen-bond donors (Lipinski definition) is 2. The highest BCUT2D eigenvalue weighted by molar-refractivity contribution is 5.10. The van der Waals surface area contributed by atoms with Gasteiger partial charge in [0.2, 0.25) is 0 Å². The Hall–Kier alpha value is -0.760. The normalized spacial score (nSPS) is 13.5. The second kappa shape index (κ2) is 18.3. The third-order valence-electron chi connectivity index (χ3n) is 3.80. The van der Waals surface area contributed by atoms with Crippen LogP contribution in [0.15, 0.2) is 24.4 Å². The van der Waals surface area contributed by atoms with E-state index in [1.807, 2.05) is 6.92 Å². The fourth-order valence-electron chi connectivity index (χ4n) is 1.09. The molecular formula is C20H44N2. The van der Waals surface area contributed by atoms with E-state index in [0.717, 1.165) is 17.7 Å². The van der Waals surface area contributed by atoms with Crippen molar-refractivity contribution in [2.24, 2.45) is 11.7 Å². The number of hydrogen-bond acceptors (Lipinski definition) is 2. The topological polar surface area (TPSA) is 38.0 Å². The molecule has 2 heteroatoms. The minimum atomic E-state index is 0.0294. The summed E-state index contributed by atoms with van der Waals surface area (Å²) in [6.07, 6.45) is 6.35. The van der Waals surface area contributed by atoms with Crippen molar-refractivity contribution in [1.29, 1.82) is 0 Å². The molecular weight excluding hydrogens is 268 g/mol. The molecule has 0 aliphatic rings. The molecule has 3 N–H and O–H groups in total. The van der Waals surface area contributed by atoms with E-state index in [9.17, 15) is 0 Å². The quantitative estimate of drug-likeness (QED) is 0.536. The largest absolute Gasteiger partial charge is 0.381 e. The first-order valence-corrected chi connectivity index (χ1v) is 9.09. The number of unbranched alkanes of at least 4 members (excludes halogenated alkanes) is 2. The van der Waals surface area contributed by atoms with Crippen molar-refractivity contribution in [2.75, 3.05) is 0 Å². The van der Waals surface area contributed by atoms with E-state index in [-0.39, 0.29) is 12.1 Å². The Morgan fingerprint density at radius 2 is 1.27 bits per heavy atom. The molecule has 2 nitrogen and oxygen atoms in total. The number of rotatable bonds is 8. The average molecular weight is 313 g/mol. The van der Waals surface area contributed by atoms with Crippen LogP contribution in [0.5, 0.6) is 0 Å². The smallest absolute Gasteiger partial charge is 0.0464 e. The molecule has 0 aliphatic carbocycles. The monoisotopic (exact) mass is 312 g/mol. The van der Waals surface area contributed by atoms with Crippen molar-refractivity contribution < 1.29 is 0 Å². The maximum absolute atomic E-state index is 6.03. The van der Waals surface area contributed by atoms with E-state index < -0.39 is 0 Å². The van der Waals surface area contributed by atoms with Gasteiger partial charge in [-0.2, -0.15) is 0 Å². The highest BCUT2D eigenvalue weighted by atomic mass is 15.0. The van der Waals surface area contributed by atoms with Gasteiger partial charge >= 0.3 is 0 Å².